The largest absolute Gasteiger partial charge is 0.497 e. The smallest absolute Gasteiger partial charge is 0.191 e. The number of hydrogen-bond acceptors (Lipinski definition) is 3. The molecular weight excluding hydrogens is 477 g/mol. The van der Waals surface area contributed by atoms with Gasteiger partial charge < -0.3 is 19.9 Å². The minimum Gasteiger partial charge on any atom is -0.497 e. The number of nitrogens with one attached hydrogen (secondary N) is 2. The van der Waals surface area contributed by atoms with Gasteiger partial charge in [-0.05, 0) is 50.1 Å². The first-order valence-electron chi connectivity index (χ1n) is 9.78. The summed E-state index contributed by atoms with van der Waals surface area (Å²) in [7, 11) is 1.68. The Morgan fingerprint density at radius 3 is 2.76 bits per heavy atom. The normalized spacial score (nSPS) is 11.2. The molecule has 3 aromatic rings. The first kappa shape index (κ1) is 23.0. The van der Waals surface area contributed by atoms with E-state index in [1.54, 1.807) is 7.11 Å². The summed E-state index contributed by atoms with van der Waals surface area (Å²) in [5.41, 5.74) is 3.37. The highest BCUT2D eigenvalue weighted by molar-refractivity contribution is 14.0. The number of benzene rings is 2. The number of halogens is 1. The van der Waals surface area contributed by atoms with E-state index in [1.165, 1.54) is 5.52 Å². The summed E-state index contributed by atoms with van der Waals surface area (Å²) in [6, 6.07) is 16.3. The molecule has 0 aliphatic rings. The van der Waals surface area contributed by atoms with Gasteiger partial charge in [-0.25, -0.2) is 9.98 Å². The SMILES string of the molecule is CCNC(=NCc1cccc(OC)c1)NCCCn1c(C)nc2ccccc21.I. The van der Waals surface area contributed by atoms with E-state index in [0.29, 0.717) is 6.54 Å². The van der Waals surface area contributed by atoms with Crippen molar-refractivity contribution in [3.05, 3.63) is 59.9 Å². The van der Waals surface area contributed by atoms with Crippen LogP contribution in [-0.4, -0.2) is 35.7 Å². The molecule has 0 aliphatic heterocycles. The van der Waals surface area contributed by atoms with Crippen molar-refractivity contribution in [3.63, 3.8) is 0 Å². The van der Waals surface area contributed by atoms with Gasteiger partial charge in [0.25, 0.3) is 0 Å². The van der Waals surface area contributed by atoms with Crippen molar-refractivity contribution in [1.29, 1.82) is 0 Å². The van der Waals surface area contributed by atoms with Crippen molar-refractivity contribution in [1.82, 2.24) is 20.2 Å². The Morgan fingerprint density at radius 1 is 1.14 bits per heavy atom. The fourth-order valence-corrected chi connectivity index (χ4v) is 3.21. The number of methoxy groups -OCH3 is 1. The third-order valence-electron chi connectivity index (χ3n) is 4.59. The maximum absolute atomic E-state index is 5.28. The minimum atomic E-state index is 0. The standard InChI is InChI=1S/C22H29N5O.HI/c1-4-23-22(25-16-18-9-7-10-19(15-18)28-3)24-13-8-14-27-17(2)26-20-11-5-6-12-21(20)27;/h5-7,9-12,15H,4,8,13-14,16H2,1-3H3,(H2,23,24,25);1H. The molecule has 29 heavy (non-hydrogen) atoms. The molecule has 0 atom stereocenters. The molecule has 0 spiro atoms. The van der Waals surface area contributed by atoms with Crippen LogP contribution in [0.3, 0.4) is 0 Å². The van der Waals surface area contributed by atoms with Gasteiger partial charge in [0.05, 0.1) is 24.7 Å². The molecule has 1 heterocycles. The van der Waals surface area contributed by atoms with Crippen LogP contribution in [0.4, 0.5) is 0 Å². The molecule has 0 aliphatic carbocycles. The number of nitrogens with zero attached hydrogens (tertiary/aromatic N) is 3. The van der Waals surface area contributed by atoms with Gasteiger partial charge in [0.1, 0.15) is 11.6 Å². The molecule has 0 radical (unpaired) electrons. The molecule has 0 unspecified atom stereocenters. The molecule has 0 bridgehead atoms. The fraction of sp³-hybridized carbons (Fsp3) is 0.364. The van der Waals surface area contributed by atoms with E-state index in [-0.39, 0.29) is 24.0 Å². The van der Waals surface area contributed by atoms with Gasteiger partial charge in [-0.2, -0.15) is 0 Å². The summed E-state index contributed by atoms with van der Waals surface area (Å²) < 4.78 is 7.55. The maximum atomic E-state index is 5.28. The minimum absolute atomic E-state index is 0. The van der Waals surface area contributed by atoms with E-state index >= 15 is 0 Å². The van der Waals surface area contributed by atoms with Crippen LogP contribution in [0.15, 0.2) is 53.5 Å². The molecule has 0 fully saturated rings. The van der Waals surface area contributed by atoms with Crippen LogP contribution in [0.25, 0.3) is 11.0 Å². The number of para-hydroxylation sites is 2. The lowest BCUT2D eigenvalue weighted by Gasteiger charge is -2.12. The summed E-state index contributed by atoms with van der Waals surface area (Å²) in [6.07, 6.45) is 0.991. The van der Waals surface area contributed by atoms with Gasteiger partial charge >= 0.3 is 0 Å². The van der Waals surface area contributed by atoms with Gasteiger partial charge in [-0.15, -0.1) is 24.0 Å². The zero-order valence-corrected chi connectivity index (χ0v) is 19.6. The quantitative estimate of drug-likeness (QED) is 0.209. The van der Waals surface area contributed by atoms with E-state index in [4.69, 9.17) is 4.74 Å². The predicted octanol–water partition coefficient (Wildman–Crippen LogP) is 4.12. The average Bonchev–Trinajstić information content (AvgIpc) is 3.04. The first-order valence-corrected chi connectivity index (χ1v) is 9.78. The van der Waals surface area contributed by atoms with Crippen molar-refractivity contribution < 1.29 is 4.74 Å². The Bertz CT molecular complexity index is 938. The van der Waals surface area contributed by atoms with Crippen LogP contribution in [-0.2, 0) is 13.1 Å². The number of rotatable bonds is 8. The number of ether oxygens (including phenoxy) is 1. The van der Waals surface area contributed by atoms with E-state index in [9.17, 15) is 0 Å². The van der Waals surface area contributed by atoms with E-state index in [0.717, 1.165) is 54.7 Å². The number of imidazole rings is 1. The average molecular weight is 507 g/mol. The Labute approximate surface area is 189 Å². The van der Waals surface area contributed by atoms with Gasteiger partial charge in [-0.1, -0.05) is 24.3 Å². The molecule has 2 N–H and O–H groups in total. The van der Waals surface area contributed by atoms with E-state index in [2.05, 4.69) is 63.3 Å². The molecule has 3 rings (SSSR count). The number of guanidine groups is 1. The van der Waals surface area contributed by atoms with Crippen molar-refractivity contribution in [2.45, 2.75) is 33.4 Å². The highest BCUT2D eigenvalue weighted by Gasteiger charge is 2.06. The molecule has 6 nitrogen and oxygen atoms in total. The molecule has 0 saturated heterocycles. The van der Waals surface area contributed by atoms with Crippen molar-refractivity contribution in [2.24, 2.45) is 4.99 Å². The lowest BCUT2D eigenvalue weighted by Crippen LogP contribution is -2.38. The zero-order valence-electron chi connectivity index (χ0n) is 17.3. The number of fused-ring (bicyclic) bond motifs is 1. The van der Waals surface area contributed by atoms with Crippen LogP contribution >= 0.6 is 24.0 Å². The fourth-order valence-electron chi connectivity index (χ4n) is 3.21. The van der Waals surface area contributed by atoms with Crippen LogP contribution in [0.5, 0.6) is 5.75 Å². The molecule has 0 saturated carbocycles. The number of aliphatic imine (C=N–C) groups is 1. The topological polar surface area (TPSA) is 63.5 Å². The second-order valence-electron chi connectivity index (χ2n) is 6.63. The monoisotopic (exact) mass is 507 g/mol. The molecular formula is C22H30IN5O. The Kier molecular flexibility index (Phi) is 9.24. The number of aryl methyl sites for hydroxylation is 2. The summed E-state index contributed by atoms with van der Waals surface area (Å²) in [5, 5.41) is 6.73. The second-order valence-corrected chi connectivity index (χ2v) is 6.63. The number of aromatic nitrogens is 2. The lowest BCUT2D eigenvalue weighted by atomic mass is 10.2. The molecule has 2 aromatic carbocycles. The zero-order chi connectivity index (χ0) is 19.8. The van der Waals surface area contributed by atoms with Gasteiger partial charge in [0.15, 0.2) is 5.96 Å². The summed E-state index contributed by atoms with van der Waals surface area (Å²) in [4.78, 5) is 9.31. The van der Waals surface area contributed by atoms with E-state index < -0.39 is 0 Å². The van der Waals surface area contributed by atoms with Gasteiger partial charge in [0.2, 0.25) is 0 Å². The summed E-state index contributed by atoms with van der Waals surface area (Å²) >= 11 is 0. The van der Waals surface area contributed by atoms with E-state index in [1.807, 2.05) is 24.3 Å². The maximum Gasteiger partial charge on any atom is 0.191 e. The van der Waals surface area contributed by atoms with Gasteiger partial charge in [-0.3, -0.25) is 0 Å². The van der Waals surface area contributed by atoms with Crippen molar-refractivity contribution in [2.75, 3.05) is 20.2 Å². The third-order valence-corrected chi connectivity index (χ3v) is 4.59. The van der Waals surface area contributed by atoms with Crippen LogP contribution in [0.1, 0.15) is 24.7 Å². The van der Waals surface area contributed by atoms with Crippen LogP contribution < -0.4 is 15.4 Å². The van der Waals surface area contributed by atoms with Crippen LogP contribution in [0, 0.1) is 6.92 Å². The Morgan fingerprint density at radius 2 is 1.97 bits per heavy atom. The highest BCUT2D eigenvalue weighted by Crippen LogP contribution is 2.15. The molecule has 156 valence electrons. The Balaban J connectivity index is 0.00000300. The Hall–Kier alpha value is -2.29. The highest BCUT2D eigenvalue weighted by atomic mass is 127. The molecule has 0 amide bonds. The van der Waals surface area contributed by atoms with Crippen molar-refractivity contribution in [3.8, 4) is 5.75 Å². The summed E-state index contributed by atoms with van der Waals surface area (Å²) in [5.74, 6) is 2.74. The predicted molar refractivity (Wildman–Crippen MR) is 130 cm³/mol. The molecule has 7 heteroatoms. The third kappa shape index (κ3) is 6.35. The van der Waals surface area contributed by atoms with Gasteiger partial charge in [0, 0.05) is 19.6 Å². The van der Waals surface area contributed by atoms with Crippen LogP contribution in [0.2, 0.25) is 0 Å². The lowest BCUT2D eigenvalue weighted by molar-refractivity contribution is 0.414. The second kappa shape index (κ2) is 11.6. The molecule has 1 aromatic heterocycles. The first-order chi connectivity index (χ1) is 13.7. The summed E-state index contributed by atoms with van der Waals surface area (Å²) in [6.45, 7) is 7.34. The van der Waals surface area contributed by atoms with Crippen molar-refractivity contribution >= 4 is 41.0 Å². The number of hydrogen-bond donors (Lipinski definition) is 2.